The molecule has 0 aromatic rings. The number of nitrogens with one attached hydrogen (secondary N) is 2. The van der Waals surface area contributed by atoms with E-state index in [-0.39, 0.29) is 0 Å². The van der Waals surface area contributed by atoms with E-state index in [4.69, 9.17) is 0 Å². The minimum absolute atomic E-state index is 0.575. The molecule has 0 saturated heterocycles. The summed E-state index contributed by atoms with van der Waals surface area (Å²) in [5, 5.41) is 7.08. The third kappa shape index (κ3) is 2.28. The van der Waals surface area contributed by atoms with Crippen LogP contribution in [0.1, 0.15) is 51.4 Å². The molecule has 0 aromatic carbocycles. The van der Waals surface area contributed by atoms with E-state index in [0.717, 1.165) is 12.0 Å². The van der Waals surface area contributed by atoms with E-state index in [1.54, 1.807) is 0 Å². The molecule has 0 bridgehead atoms. The Hall–Kier alpha value is -0.0800. The number of hydrogen-bond acceptors (Lipinski definition) is 2. The summed E-state index contributed by atoms with van der Waals surface area (Å²) in [6.07, 6.45) is 11.6. The third-order valence-electron chi connectivity index (χ3n) is 4.97. The number of rotatable bonds is 5. The summed E-state index contributed by atoms with van der Waals surface area (Å²) >= 11 is 0. The van der Waals surface area contributed by atoms with E-state index in [2.05, 4.69) is 24.7 Å². The maximum absolute atomic E-state index is 3.66. The van der Waals surface area contributed by atoms with Gasteiger partial charge in [-0.05, 0) is 51.1 Å². The predicted molar refractivity (Wildman–Crippen MR) is 69.6 cm³/mol. The largest absolute Gasteiger partial charge is 0.319 e. The van der Waals surface area contributed by atoms with Crippen LogP contribution in [0.2, 0.25) is 0 Å². The third-order valence-corrected chi connectivity index (χ3v) is 4.97. The van der Waals surface area contributed by atoms with Crippen molar-refractivity contribution in [2.75, 3.05) is 20.6 Å². The highest BCUT2D eigenvalue weighted by molar-refractivity contribution is 5.01. The Kier molecular flexibility index (Phi) is 4.26. The summed E-state index contributed by atoms with van der Waals surface area (Å²) in [5.41, 5.74) is 0.575. The van der Waals surface area contributed by atoms with Crippen molar-refractivity contribution in [3.8, 4) is 0 Å². The zero-order valence-electron chi connectivity index (χ0n) is 11.0. The van der Waals surface area contributed by atoms with Crippen molar-refractivity contribution in [2.24, 2.45) is 11.3 Å². The molecule has 16 heavy (non-hydrogen) atoms. The minimum Gasteiger partial charge on any atom is -0.319 e. The van der Waals surface area contributed by atoms with Crippen LogP contribution < -0.4 is 10.6 Å². The molecule has 94 valence electrons. The minimum atomic E-state index is 0.575. The Balaban J connectivity index is 2.01. The van der Waals surface area contributed by atoms with Gasteiger partial charge in [-0.25, -0.2) is 0 Å². The van der Waals surface area contributed by atoms with Crippen molar-refractivity contribution in [3.63, 3.8) is 0 Å². The Labute approximate surface area is 101 Å². The summed E-state index contributed by atoms with van der Waals surface area (Å²) in [6, 6.07) is 0.758. The van der Waals surface area contributed by atoms with Gasteiger partial charge in [0, 0.05) is 12.6 Å². The van der Waals surface area contributed by atoms with Crippen LogP contribution >= 0.6 is 0 Å². The lowest BCUT2D eigenvalue weighted by Crippen LogP contribution is -2.56. The molecule has 0 spiro atoms. The summed E-state index contributed by atoms with van der Waals surface area (Å²) in [5.74, 6) is 0.937. The molecule has 2 aliphatic rings. The first-order chi connectivity index (χ1) is 7.82. The maximum atomic E-state index is 3.66. The van der Waals surface area contributed by atoms with Crippen molar-refractivity contribution in [1.82, 2.24) is 10.6 Å². The standard InChI is InChI=1S/C14H28N2/c1-15-11-14(9-6-10-14)13(16-2)12-7-4-3-5-8-12/h12-13,15-16H,3-11H2,1-2H3. The molecule has 2 aliphatic carbocycles. The van der Waals surface area contributed by atoms with E-state index in [0.29, 0.717) is 5.41 Å². The highest BCUT2D eigenvalue weighted by Gasteiger charge is 2.45. The Bertz CT molecular complexity index is 205. The van der Waals surface area contributed by atoms with Crippen LogP contribution in [0.3, 0.4) is 0 Å². The second kappa shape index (κ2) is 5.50. The SMILES string of the molecule is CNCC1(C(NC)C2CCCCC2)CCC1. The van der Waals surface area contributed by atoms with Gasteiger partial charge < -0.3 is 10.6 Å². The highest BCUT2D eigenvalue weighted by atomic mass is 15.0. The number of hydrogen-bond donors (Lipinski definition) is 2. The Morgan fingerprint density at radius 3 is 2.19 bits per heavy atom. The summed E-state index contributed by atoms with van der Waals surface area (Å²) in [6.45, 7) is 1.20. The van der Waals surface area contributed by atoms with Gasteiger partial charge >= 0.3 is 0 Å². The summed E-state index contributed by atoms with van der Waals surface area (Å²) < 4.78 is 0. The van der Waals surface area contributed by atoms with Crippen molar-refractivity contribution >= 4 is 0 Å². The van der Waals surface area contributed by atoms with E-state index >= 15 is 0 Å². The van der Waals surface area contributed by atoms with Gasteiger partial charge in [0.1, 0.15) is 0 Å². The zero-order chi connectivity index (χ0) is 11.4. The summed E-state index contributed by atoms with van der Waals surface area (Å²) in [7, 11) is 4.28. The second-order valence-electron chi connectivity index (χ2n) is 5.91. The average Bonchev–Trinajstić information content (AvgIpc) is 2.28. The molecule has 1 atom stereocenters. The maximum Gasteiger partial charge on any atom is 0.0161 e. The van der Waals surface area contributed by atoms with E-state index < -0.39 is 0 Å². The molecular formula is C14H28N2. The molecule has 0 heterocycles. The molecule has 2 saturated carbocycles. The van der Waals surface area contributed by atoms with Gasteiger partial charge in [-0.2, -0.15) is 0 Å². The van der Waals surface area contributed by atoms with Crippen LogP contribution in [0.4, 0.5) is 0 Å². The van der Waals surface area contributed by atoms with Crippen LogP contribution in [0.25, 0.3) is 0 Å². The van der Waals surface area contributed by atoms with Gasteiger partial charge in [-0.3, -0.25) is 0 Å². The molecule has 0 amide bonds. The van der Waals surface area contributed by atoms with Crippen LogP contribution in [0.5, 0.6) is 0 Å². The molecule has 0 radical (unpaired) electrons. The van der Waals surface area contributed by atoms with Crippen LogP contribution in [0.15, 0.2) is 0 Å². The van der Waals surface area contributed by atoms with Gasteiger partial charge in [0.15, 0.2) is 0 Å². The van der Waals surface area contributed by atoms with Gasteiger partial charge in [0.05, 0.1) is 0 Å². The normalized spacial score (nSPS) is 27.4. The molecule has 2 rings (SSSR count). The van der Waals surface area contributed by atoms with Gasteiger partial charge in [0.25, 0.3) is 0 Å². The predicted octanol–water partition coefficient (Wildman–Crippen LogP) is 2.54. The van der Waals surface area contributed by atoms with E-state index in [1.807, 2.05) is 0 Å². The van der Waals surface area contributed by atoms with Crippen molar-refractivity contribution in [2.45, 2.75) is 57.4 Å². The molecule has 2 nitrogen and oxygen atoms in total. The monoisotopic (exact) mass is 224 g/mol. The van der Waals surface area contributed by atoms with Crippen molar-refractivity contribution in [1.29, 1.82) is 0 Å². The first kappa shape index (κ1) is 12.4. The molecular weight excluding hydrogens is 196 g/mol. The lowest BCUT2D eigenvalue weighted by molar-refractivity contribution is 0.0367. The first-order valence-corrected chi connectivity index (χ1v) is 7.14. The van der Waals surface area contributed by atoms with Crippen molar-refractivity contribution < 1.29 is 0 Å². The quantitative estimate of drug-likeness (QED) is 0.750. The van der Waals surface area contributed by atoms with Crippen molar-refractivity contribution in [3.05, 3.63) is 0 Å². The molecule has 2 N–H and O–H groups in total. The van der Waals surface area contributed by atoms with Gasteiger partial charge in [-0.1, -0.05) is 25.7 Å². The average molecular weight is 224 g/mol. The van der Waals surface area contributed by atoms with Gasteiger partial charge in [-0.15, -0.1) is 0 Å². The fourth-order valence-electron chi connectivity index (χ4n) is 4.09. The van der Waals surface area contributed by atoms with Gasteiger partial charge in [0.2, 0.25) is 0 Å². The van der Waals surface area contributed by atoms with E-state index in [9.17, 15) is 0 Å². The fourth-order valence-corrected chi connectivity index (χ4v) is 4.09. The topological polar surface area (TPSA) is 24.1 Å². The molecule has 0 aromatic heterocycles. The summed E-state index contributed by atoms with van der Waals surface area (Å²) in [4.78, 5) is 0. The molecule has 0 aliphatic heterocycles. The van der Waals surface area contributed by atoms with Crippen LogP contribution in [0, 0.1) is 11.3 Å². The molecule has 2 fully saturated rings. The molecule has 2 heteroatoms. The Morgan fingerprint density at radius 2 is 1.75 bits per heavy atom. The molecule has 1 unspecified atom stereocenters. The Morgan fingerprint density at radius 1 is 1.06 bits per heavy atom. The lowest BCUT2D eigenvalue weighted by atomic mass is 9.59. The lowest BCUT2D eigenvalue weighted by Gasteiger charge is -2.51. The first-order valence-electron chi connectivity index (χ1n) is 7.14. The fraction of sp³-hybridized carbons (Fsp3) is 1.00. The smallest absolute Gasteiger partial charge is 0.0161 e. The van der Waals surface area contributed by atoms with Crippen LogP contribution in [-0.4, -0.2) is 26.7 Å². The van der Waals surface area contributed by atoms with Crippen LogP contribution in [-0.2, 0) is 0 Å². The zero-order valence-corrected chi connectivity index (χ0v) is 11.0. The van der Waals surface area contributed by atoms with E-state index in [1.165, 1.54) is 57.9 Å². The second-order valence-corrected chi connectivity index (χ2v) is 5.91. The highest BCUT2D eigenvalue weighted by Crippen LogP contribution is 2.47.